The van der Waals surface area contributed by atoms with Crippen molar-refractivity contribution in [3.05, 3.63) is 77.9 Å². The van der Waals surface area contributed by atoms with E-state index in [1.807, 2.05) is 41.3 Å². The van der Waals surface area contributed by atoms with Crippen LogP contribution in [0.5, 0.6) is 11.5 Å². The van der Waals surface area contributed by atoms with E-state index in [-0.39, 0.29) is 5.91 Å². The van der Waals surface area contributed by atoms with Crippen LogP contribution in [0.15, 0.2) is 66.7 Å². The first-order valence-corrected chi connectivity index (χ1v) is 11.4. The molecule has 33 heavy (non-hydrogen) atoms. The highest BCUT2D eigenvalue weighted by Crippen LogP contribution is 2.34. The van der Waals surface area contributed by atoms with Gasteiger partial charge in [0.25, 0.3) is 0 Å². The topological polar surface area (TPSA) is 54.6 Å². The van der Waals surface area contributed by atoms with Crippen LogP contribution in [0.3, 0.4) is 0 Å². The minimum absolute atomic E-state index is 0.159. The highest BCUT2D eigenvalue weighted by Gasteiger charge is 2.24. The molecule has 5 heteroatoms. The maximum atomic E-state index is 13.3. The fraction of sp³-hybridized carbons (Fsp3) is 0.250. The normalized spacial score (nSPS) is 13.1. The third kappa shape index (κ3) is 4.07. The van der Waals surface area contributed by atoms with Gasteiger partial charge in [0.2, 0.25) is 5.91 Å². The molecule has 1 aromatic heterocycles. The number of rotatable bonds is 6. The summed E-state index contributed by atoms with van der Waals surface area (Å²) in [5.41, 5.74) is 6.61. The van der Waals surface area contributed by atoms with Gasteiger partial charge in [0.15, 0.2) is 0 Å². The van der Waals surface area contributed by atoms with Crippen molar-refractivity contribution in [2.24, 2.45) is 0 Å². The first-order valence-electron chi connectivity index (χ1n) is 11.4. The van der Waals surface area contributed by atoms with Crippen molar-refractivity contribution in [1.29, 1.82) is 0 Å². The summed E-state index contributed by atoms with van der Waals surface area (Å²) in [5, 5.41) is 1.17. The number of aromatic amines is 1. The zero-order chi connectivity index (χ0) is 22.8. The summed E-state index contributed by atoms with van der Waals surface area (Å²) in [7, 11) is 3.35. The highest BCUT2D eigenvalue weighted by molar-refractivity contribution is 5.96. The van der Waals surface area contributed by atoms with E-state index < -0.39 is 0 Å². The van der Waals surface area contributed by atoms with Crippen LogP contribution in [0, 0.1) is 0 Å². The summed E-state index contributed by atoms with van der Waals surface area (Å²) in [6, 6.07) is 22.3. The van der Waals surface area contributed by atoms with Crippen molar-refractivity contribution in [2.45, 2.75) is 25.7 Å². The number of hydrogen-bond donors (Lipinski definition) is 1. The zero-order valence-electron chi connectivity index (χ0n) is 19.1. The molecule has 0 radical (unpaired) electrons. The Morgan fingerprint density at radius 3 is 2.52 bits per heavy atom. The Hall–Kier alpha value is -3.73. The molecule has 2 heterocycles. The first-order chi connectivity index (χ1) is 16.2. The number of carbonyl (C=O) groups excluding carboxylic acids is 1. The highest BCUT2D eigenvalue weighted by atomic mass is 16.5. The number of ether oxygens (including phenoxy) is 2. The van der Waals surface area contributed by atoms with E-state index in [1.165, 1.54) is 16.5 Å². The van der Waals surface area contributed by atoms with Gasteiger partial charge in [-0.2, -0.15) is 0 Å². The van der Waals surface area contributed by atoms with Gasteiger partial charge in [0.05, 0.1) is 14.2 Å². The number of aryl methyl sites for hydroxylation is 2. The van der Waals surface area contributed by atoms with E-state index >= 15 is 0 Å². The molecule has 0 unspecified atom stereocenters. The SMILES string of the molecule is COc1ccc(-c2[nH]c3ccccc3c2CCC(=O)N2CCCc3cc(OC)ccc32)cc1. The third-order valence-corrected chi connectivity index (χ3v) is 6.49. The lowest BCUT2D eigenvalue weighted by Gasteiger charge is -2.30. The number of nitrogens with zero attached hydrogens (tertiary/aromatic N) is 1. The maximum Gasteiger partial charge on any atom is 0.227 e. The minimum Gasteiger partial charge on any atom is -0.497 e. The quantitative estimate of drug-likeness (QED) is 0.414. The molecule has 1 aliphatic rings. The van der Waals surface area contributed by atoms with E-state index in [4.69, 9.17) is 9.47 Å². The molecule has 3 aromatic carbocycles. The molecule has 5 rings (SSSR count). The van der Waals surface area contributed by atoms with Gasteiger partial charge in [0.1, 0.15) is 11.5 Å². The van der Waals surface area contributed by atoms with Crippen LogP contribution in [-0.4, -0.2) is 31.7 Å². The second-order valence-electron chi connectivity index (χ2n) is 8.40. The molecule has 0 fully saturated rings. The van der Waals surface area contributed by atoms with Crippen molar-refractivity contribution in [3.63, 3.8) is 0 Å². The standard InChI is InChI=1S/C28H28N2O3/c1-32-21-11-9-19(10-12-21)28-24(23-7-3-4-8-25(23)29-28)14-16-27(31)30-17-5-6-20-18-22(33-2)13-15-26(20)30/h3-4,7-13,15,18,29H,5-6,14,16-17H2,1-2H3. The number of amides is 1. The van der Waals surface area contributed by atoms with E-state index in [1.54, 1.807) is 14.2 Å². The van der Waals surface area contributed by atoms with Crippen molar-refractivity contribution in [2.75, 3.05) is 25.7 Å². The summed E-state index contributed by atoms with van der Waals surface area (Å²) in [6.07, 6.45) is 3.07. The molecule has 1 amide bonds. The summed E-state index contributed by atoms with van der Waals surface area (Å²) in [5.74, 6) is 1.82. The lowest BCUT2D eigenvalue weighted by Crippen LogP contribution is -2.35. The van der Waals surface area contributed by atoms with Crippen LogP contribution in [0.1, 0.15) is 24.0 Å². The third-order valence-electron chi connectivity index (χ3n) is 6.49. The number of benzene rings is 3. The van der Waals surface area contributed by atoms with E-state index in [0.717, 1.165) is 53.3 Å². The second-order valence-corrected chi connectivity index (χ2v) is 8.40. The van der Waals surface area contributed by atoms with Crippen LogP contribution in [0.2, 0.25) is 0 Å². The van der Waals surface area contributed by atoms with Crippen molar-refractivity contribution in [3.8, 4) is 22.8 Å². The maximum absolute atomic E-state index is 13.3. The molecule has 0 aliphatic carbocycles. The lowest BCUT2D eigenvalue weighted by atomic mass is 9.98. The first kappa shape index (κ1) is 21.1. The van der Waals surface area contributed by atoms with Gasteiger partial charge in [-0.05, 0) is 84.5 Å². The van der Waals surface area contributed by atoms with Gasteiger partial charge >= 0.3 is 0 Å². The number of H-pyrrole nitrogens is 1. The number of fused-ring (bicyclic) bond motifs is 2. The van der Waals surface area contributed by atoms with Crippen molar-refractivity contribution in [1.82, 2.24) is 4.98 Å². The number of para-hydroxylation sites is 1. The number of nitrogens with one attached hydrogen (secondary N) is 1. The largest absolute Gasteiger partial charge is 0.497 e. The summed E-state index contributed by atoms with van der Waals surface area (Å²) in [4.78, 5) is 18.9. The minimum atomic E-state index is 0.159. The van der Waals surface area contributed by atoms with Crippen LogP contribution in [0.4, 0.5) is 5.69 Å². The molecular weight excluding hydrogens is 412 g/mol. The van der Waals surface area contributed by atoms with Gasteiger partial charge in [-0.3, -0.25) is 4.79 Å². The Morgan fingerprint density at radius 1 is 0.970 bits per heavy atom. The molecule has 1 aliphatic heterocycles. The second kappa shape index (κ2) is 9.02. The number of methoxy groups -OCH3 is 2. The molecule has 1 N–H and O–H groups in total. The number of anilines is 1. The molecule has 0 atom stereocenters. The molecule has 5 nitrogen and oxygen atoms in total. The molecule has 0 spiro atoms. The molecular formula is C28H28N2O3. The number of hydrogen-bond acceptors (Lipinski definition) is 3. The van der Waals surface area contributed by atoms with Crippen LogP contribution in [-0.2, 0) is 17.6 Å². The van der Waals surface area contributed by atoms with E-state index in [2.05, 4.69) is 35.3 Å². The van der Waals surface area contributed by atoms with E-state index in [0.29, 0.717) is 12.8 Å². The van der Waals surface area contributed by atoms with Crippen molar-refractivity contribution >= 4 is 22.5 Å². The summed E-state index contributed by atoms with van der Waals surface area (Å²) < 4.78 is 10.7. The zero-order valence-corrected chi connectivity index (χ0v) is 19.1. The predicted octanol–water partition coefficient (Wildman–Crippen LogP) is 5.76. The Kier molecular flexibility index (Phi) is 5.78. The van der Waals surface area contributed by atoms with Gasteiger partial charge in [-0.15, -0.1) is 0 Å². The van der Waals surface area contributed by atoms with Gasteiger partial charge in [-0.1, -0.05) is 18.2 Å². The van der Waals surface area contributed by atoms with E-state index in [9.17, 15) is 4.79 Å². The van der Waals surface area contributed by atoms with Crippen LogP contribution in [0.25, 0.3) is 22.2 Å². The average Bonchev–Trinajstić information content (AvgIpc) is 3.25. The summed E-state index contributed by atoms with van der Waals surface area (Å²) >= 11 is 0. The van der Waals surface area contributed by atoms with Gasteiger partial charge < -0.3 is 19.4 Å². The van der Waals surface area contributed by atoms with Crippen LogP contribution >= 0.6 is 0 Å². The molecule has 168 valence electrons. The lowest BCUT2D eigenvalue weighted by molar-refractivity contribution is -0.118. The Morgan fingerprint density at radius 2 is 1.73 bits per heavy atom. The smallest absolute Gasteiger partial charge is 0.227 e. The summed E-state index contributed by atoms with van der Waals surface area (Å²) in [6.45, 7) is 0.761. The molecule has 0 saturated heterocycles. The monoisotopic (exact) mass is 440 g/mol. The van der Waals surface area contributed by atoms with Gasteiger partial charge in [-0.25, -0.2) is 0 Å². The number of carbonyl (C=O) groups is 1. The molecule has 0 saturated carbocycles. The fourth-order valence-corrected chi connectivity index (χ4v) is 4.79. The Bertz CT molecular complexity index is 1290. The van der Waals surface area contributed by atoms with Crippen LogP contribution < -0.4 is 14.4 Å². The predicted molar refractivity (Wildman–Crippen MR) is 132 cm³/mol. The molecule has 4 aromatic rings. The van der Waals surface area contributed by atoms with Crippen molar-refractivity contribution < 1.29 is 14.3 Å². The molecule has 0 bridgehead atoms. The van der Waals surface area contributed by atoms with Gasteiger partial charge in [0, 0.05) is 35.2 Å². The fourth-order valence-electron chi connectivity index (χ4n) is 4.79. The Labute approximate surface area is 193 Å². The Balaban J connectivity index is 1.42. The average molecular weight is 441 g/mol. The number of aromatic nitrogens is 1.